The molecule has 92 valence electrons. The van der Waals surface area contributed by atoms with Crippen LogP contribution in [0.3, 0.4) is 0 Å². The van der Waals surface area contributed by atoms with E-state index in [4.69, 9.17) is 0 Å². The standard InChI is InChI=1S/C14H18FNO/c1-9-8-12(9)14(17)16(3)10(2)11-6-4-5-7-13(11)15/h4-7,9-10,12H,8H2,1-3H3. The predicted octanol–water partition coefficient (Wildman–Crippen LogP) is 3.00. The van der Waals surface area contributed by atoms with E-state index in [1.807, 2.05) is 6.92 Å². The summed E-state index contributed by atoms with van der Waals surface area (Å²) in [5.74, 6) is 0.517. The van der Waals surface area contributed by atoms with Gasteiger partial charge in [-0.05, 0) is 25.3 Å². The second kappa shape index (κ2) is 4.47. The highest BCUT2D eigenvalue weighted by Crippen LogP contribution is 2.40. The highest BCUT2D eigenvalue weighted by molar-refractivity contribution is 5.81. The Morgan fingerprint density at radius 2 is 2.06 bits per heavy atom. The molecular formula is C14H18FNO. The summed E-state index contributed by atoms with van der Waals surface area (Å²) in [4.78, 5) is 13.7. The summed E-state index contributed by atoms with van der Waals surface area (Å²) in [5.41, 5.74) is 0.580. The molecule has 3 atom stereocenters. The molecule has 0 aromatic heterocycles. The molecule has 3 unspecified atom stereocenters. The number of benzene rings is 1. The van der Waals surface area contributed by atoms with Gasteiger partial charge in [-0.2, -0.15) is 0 Å². The maximum absolute atomic E-state index is 13.6. The van der Waals surface area contributed by atoms with E-state index in [9.17, 15) is 9.18 Å². The molecule has 1 saturated carbocycles. The van der Waals surface area contributed by atoms with Crippen LogP contribution in [0.15, 0.2) is 24.3 Å². The summed E-state index contributed by atoms with van der Waals surface area (Å²) in [6.45, 7) is 3.94. The summed E-state index contributed by atoms with van der Waals surface area (Å²) in [6.07, 6.45) is 0.965. The summed E-state index contributed by atoms with van der Waals surface area (Å²) in [5, 5.41) is 0. The van der Waals surface area contributed by atoms with Gasteiger partial charge < -0.3 is 4.90 Å². The maximum Gasteiger partial charge on any atom is 0.226 e. The van der Waals surface area contributed by atoms with Crippen molar-refractivity contribution in [1.82, 2.24) is 4.90 Å². The van der Waals surface area contributed by atoms with Crippen LogP contribution < -0.4 is 0 Å². The first kappa shape index (κ1) is 12.1. The van der Waals surface area contributed by atoms with Gasteiger partial charge in [0.15, 0.2) is 0 Å². The van der Waals surface area contributed by atoms with E-state index in [-0.39, 0.29) is 23.7 Å². The molecule has 1 aliphatic rings. The van der Waals surface area contributed by atoms with Gasteiger partial charge >= 0.3 is 0 Å². The molecule has 0 spiro atoms. The molecule has 2 nitrogen and oxygen atoms in total. The summed E-state index contributed by atoms with van der Waals surface area (Å²) in [7, 11) is 1.75. The second-order valence-corrected chi connectivity index (χ2v) is 4.97. The van der Waals surface area contributed by atoms with Gasteiger partial charge in [0.2, 0.25) is 5.91 Å². The third-order valence-electron chi connectivity index (χ3n) is 3.71. The lowest BCUT2D eigenvalue weighted by Crippen LogP contribution is -2.31. The highest BCUT2D eigenvalue weighted by Gasteiger charge is 2.41. The first-order valence-electron chi connectivity index (χ1n) is 6.03. The van der Waals surface area contributed by atoms with Crippen LogP contribution in [-0.4, -0.2) is 17.9 Å². The predicted molar refractivity (Wildman–Crippen MR) is 64.9 cm³/mol. The Bertz CT molecular complexity index is 432. The second-order valence-electron chi connectivity index (χ2n) is 4.97. The van der Waals surface area contributed by atoms with Crippen molar-refractivity contribution in [1.29, 1.82) is 0 Å². The molecule has 2 rings (SSSR count). The third kappa shape index (κ3) is 2.33. The molecule has 3 heteroatoms. The van der Waals surface area contributed by atoms with Crippen molar-refractivity contribution < 1.29 is 9.18 Å². The van der Waals surface area contributed by atoms with Gasteiger partial charge in [-0.15, -0.1) is 0 Å². The molecule has 0 saturated heterocycles. The average molecular weight is 235 g/mol. The van der Waals surface area contributed by atoms with Gasteiger partial charge in [0.05, 0.1) is 6.04 Å². The van der Waals surface area contributed by atoms with Crippen molar-refractivity contribution in [3.8, 4) is 0 Å². The number of hydrogen-bond donors (Lipinski definition) is 0. The van der Waals surface area contributed by atoms with Crippen molar-refractivity contribution in [3.63, 3.8) is 0 Å². The van der Waals surface area contributed by atoms with E-state index < -0.39 is 0 Å². The minimum Gasteiger partial charge on any atom is -0.339 e. The van der Waals surface area contributed by atoms with Gasteiger partial charge in [0.25, 0.3) is 0 Å². The van der Waals surface area contributed by atoms with Crippen LogP contribution in [0.25, 0.3) is 0 Å². The number of rotatable bonds is 3. The third-order valence-corrected chi connectivity index (χ3v) is 3.71. The van der Waals surface area contributed by atoms with Crippen LogP contribution in [0, 0.1) is 17.7 Å². The van der Waals surface area contributed by atoms with Crippen molar-refractivity contribution in [3.05, 3.63) is 35.6 Å². The number of halogens is 1. The van der Waals surface area contributed by atoms with Crippen LogP contribution in [0.2, 0.25) is 0 Å². The number of amides is 1. The Hall–Kier alpha value is -1.38. The zero-order valence-corrected chi connectivity index (χ0v) is 10.5. The molecular weight excluding hydrogens is 217 g/mol. The van der Waals surface area contributed by atoms with Crippen molar-refractivity contribution in [2.75, 3.05) is 7.05 Å². The first-order chi connectivity index (χ1) is 8.02. The monoisotopic (exact) mass is 235 g/mol. The molecule has 1 aliphatic carbocycles. The van der Waals surface area contributed by atoms with Gasteiger partial charge in [0.1, 0.15) is 5.82 Å². The van der Waals surface area contributed by atoms with Crippen LogP contribution in [-0.2, 0) is 4.79 Å². The van der Waals surface area contributed by atoms with Crippen molar-refractivity contribution in [2.24, 2.45) is 11.8 Å². The van der Waals surface area contributed by atoms with E-state index in [2.05, 4.69) is 6.92 Å². The Kier molecular flexibility index (Phi) is 3.18. The first-order valence-corrected chi connectivity index (χ1v) is 6.03. The van der Waals surface area contributed by atoms with Crippen molar-refractivity contribution >= 4 is 5.91 Å². The van der Waals surface area contributed by atoms with E-state index in [1.54, 1.807) is 30.1 Å². The fraction of sp³-hybridized carbons (Fsp3) is 0.500. The molecule has 0 N–H and O–H groups in total. The molecule has 17 heavy (non-hydrogen) atoms. The van der Waals surface area contributed by atoms with E-state index in [0.29, 0.717) is 11.5 Å². The SMILES string of the molecule is CC1CC1C(=O)N(C)C(C)c1ccccc1F. The Labute approximate surface area is 101 Å². The van der Waals surface area contributed by atoms with Gasteiger partial charge in [-0.1, -0.05) is 25.1 Å². The molecule has 0 aliphatic heterocycles. The maximum atomic E-state index is 13.6. The Balaban J connectivity index is 2.12. The Morgan fingerprint density at radius 1 is 1.47 bits per heavy atom. The molecule has 1 aromatic carbocycles. The summed E-state index contributed by atoms with van der Waals surface area (Å²) in [6, 6.07) is 6.42. The average Bonchev–Trinajstić information content (AvgIpc) is 3.04. The lowest BCUT2D eigenvalue weighted by Gasteiger charge is -2.25. The van der Waals surface area contributed by atoms with E-state index >= 15 is 0 Å². The topological polar surface area (TPSA) is 20.3 Å². The van der Waals surface area contributed by atoms with Gasteiger partial charge in [-0.25, -0.2) is 4.39 Å². The minimum atomic E-state index is -0.247. The van der Waals surface area contributed by atoms with Crippen LogP contribution in [0.5, 0.6) is 0 Å². The van der Waals surface area contributed by atoms with Gasteiger partial charge in [0, 0.05) is 18.5 Å². The lowest BCUT2D eigenvalue weighted by atomic mass is 10.1. The number of hydrogen-bond acceptors (Lipinski definition) is 1. The number of carbonyl (C=O) groups is 1. The Morgan fingerprint density at radius 3 is 2.59 bits per heavy atom. The van der Waals surface area contributed by atoms with Crippen LogP contribution in [0.4, 0.5) is 4.39 Å². The van der Waals surface area contributed by atoms with Crippen molar-refractivity contribution in [2.45, 2.75) is 26.3 Å². The molecule has 0 bridgehead atoms. The summed E-state index contributed by atoms with van der Waals surface area (Å²) >= 11 is 0. The van der Waals surface area contributed by atoms with Crippen LogP contribution >= 0.6 is 0 Å². The van der Waals surface area contributed by atoms with Gasteiger partial charge in [-0.3, -0.25) is 4.79 Å². The molecule has 0 radical (unpaired) electrons. The smallest absolute Gasteiger partial charge is 0.226 e. The van der Waals surface area contributed by atoms with Crippen LogP contribution in [0.1, 0.15) is 31.9 Å². The normalized spacial score (nSPS) is 24.2. The highest BCUT2D eigenvalue weighted by atomic mass is 19.1. The lowest BCUT2D eigenvalue weighted by molar-refractivity contribution is -0.133. The molecule has 1 amide bonds. The van der Waals surface area contributed by atoms with E-state index in [1.165, 1.54) is 6.07 Å². The van der Waals surface area contributed by atoms with E-state index in [0.717, 1.165) is 6.42 Å². The fourth-order valence-corrected chi connectivity index (χ4v) is 2.14. The summed E-state index contributed by atoms with van der Waals surface area (Å²) < 4.78 is 13.6. The number of nitrogens with zero attached hydrogens (tertiary/aromatic N) is 1. The number of carbonyl (C=O) groups excluding carboxylic acids is 1. The minimum absolute atomic E-state index is 0.133. The largest absolute Gasteiger partial charge is 0.339 e. The quantitative estimate of drug-likeness (QED) is 0.788. The fourth-order valence-electron chi connectivity index (χ4n) is 2.14. The molecule has 0 heterocycles. The molecule has 1 fully saturated rings. The zero-order chi connectivity index (χ0) is 12.6. The molecule has 1 aromatic rings. The zero-order valence-electron chi connectivity index (χ0n) is 10.5.